The van der Waals surface area contributed by atoms with Crippen LogP contribution in [-0.2, 0) is 22.6 Å². The van der Waals surface area contributed by atoms with Gasteiger partial charge in [-0.3, -0.25) is 14.6 Å². The van der Waals surface area contributed by atoms with E-state index in [1.165, 1.54) is 12.1 Å². The molecule has 2 atom stereocenters. The Morgan fingerprint density at radius 3 is 2.54 bits per heavy atom. The molecule has 2 heterocycles. The van der Waals surface area contributed by atoms with Crippen LogP contribution in [0, 0.1) is 11.2 Å². The second-order valence-corrected chi connectivity index (χ2v) is 10.4. The van der Waals surface area contributed by atoms with Crippen molar-refractivity contribution in [2.45, 2.75) is 59.2 Å². The van der Waals surface area contributed by atoms with Crippen molar-refractivity contribution in [2.24, 2.45) is 5.41 Å². The molecule has 0 bridgehead atoms. The molecule has 2 aromatic carbocycles. The zero-order valence-electron chi connectivity index (χ0n) is 21.8. The van der Waals surface area contributed by atoms with E-state index < -0.39 is 11.5 Å². The number of benzene rings is 2. The molecular weight excluding hydrogens is 469 g/mol. The van der Waals surface area contributed by atoms with E-state index >= 15 is 0 Å². The smallest absolute Gasteiger partial charge is 0.261 e. The van der Waals surface area contributed by atoms with Gasteiger partial charge in [0.25, 0.3) is 5.91 Å². The van der Waals surface area contributed by atoms with Gasteiger partial charge in [0.15, 0.2) is 6.10 Å². The van der Waals surface area contributed by atoms with E-state index in [1.54, 1.807) is 18.3 Å². The van der Waals surface area contributed by atoms with Crippen molar-refractivity contribution >= 4 is 11.8 Å². The van der Waals surface area contributed by atoms with Crippen LogP contribution in [0.4, 0.5) is 4.39 Å². The second kappa shape index (κ2) is 11.1. The first-order valence-corrected chi connectivity index (χ1v) is 12.7. The molecule has 37 heavy (non-hydrogen) atoms. The van der Waals surface area contributed by atoms with Gasteiger partial charge < -0.3 is 15.0 Å². The van der Waals surface area contributed by atoms with E-state index in [0.717, 1.165) is 22.4 Å². The number of aromatic nitrogens is 1. The number of carbonyl (C=O) groups excluding carboxylic acids is 2. The van der Waals surface area contributed by atoms with Crippen molar-refractivity contribution in [1.29, 1.82) is 0 Å². The van der Waals surface area contributed by atoms with Gasteiger partial charge in [-0.05, 0) is 65.9 Å². The lowest BCUT2D eigenvalue weighted by Crippen LogP contribution is -2.45. The van der Waals surface area contributed by atoms with Gasteiger partial charge in [0.05, 0.1) is 18.3 Å². The highest BCUT2D eigenvalue weighted by Crippen LogP contribution is 2.39. The average molecular weight is 504 g/mol. The standard InChI is InChI=1S/C30H34FN3O3/c1-5-26(28(35)33-19-23-8-6-7-16-32-23)37-24-14-11-20-15-17-34(29(36)30(2,3)4)27(25(20)18-24)21-9-12-22(31)13-10-21/h6-14,16,18,26-27H,5,15,17,19H2,1-4H3,(H,33,35)/t26-,27+/m0/s1. The molecule has 1 N–H and O–H groups in total. The van der Waals surface area contributed by atoms with E-state index in [4.69, 9.17) is 4.74 Å². The molecule has 0 radical (unpaired) electrons. The first kappa shape index (κ1) is 26.3. The van der Waals surface area contributed by atoms with E-state index in [0.29, 0.717) is 31.7 Å². The molecule has 1 aliphatic heterocycles. The van der Waals surface area contributed by atoms with Crippen LogP contribution in [0.15, 0.2) is 66.9 Å². The molecule has 4 rings (SSSR count). The Morgan fingerprint density at radius 1 is 1.14 bits per heavy atom. The Labute approximate surface area is 217 Å². The van der Waals surface area contributed by atoms with Crippen LogP contribution in [0.5, 0.6) is 5.75 Å². The highest BCUT2D eigenvalue weighted by Gasteiger charge is 2.37. The van der Waals surface area contributed by atoms with Gasteiger partial charge in [0.2, 0.25) is 5.91 Å². The third kappa shape index (κ3) is 6.16. The number of ether oxygens (including phenoxy) is 1. The summed E-state index contributed by atoms with van der Waals surface area (Å²) in [6.45, 7) is 8.50. The monoisotopic (exact) mass is 503 g/mol. The maximum Gasteiger partial charge on any atom is 0.261 e. The fourth-order valence-corrected chi connectivity index (χ4v) is 4.60. The zero-order chi connectivity index (χ0) is 26.6. The van der Waals surface area contributed by atoms with Crippen LogP contribution in [0.1, 0.15) is 62.5 Å². The Kier molecular flexibility index (Phi) is 7.91. The Morgan fingerprint density at radius 2 is 1.89 bits per heavy atom. The van der Waals surface area contributed by atoms with Gasteiger partial charge in [-0.1, -0.05) is 52.0 Å². The molecule has 194 valence electrons. The molecule has 7 heteroatoms. The average Bonchev–Trinajstić information content (AvgIpc) is 2.89. The minimum atomic E-state index is -0.679. The summed E-state index contributed by atoms with van der Waals surface area (Å²) in [5.41, 5.74) is 3.06. The summed E-state index contributed by atoms with van der Waals surface area (Å²) in [4.78, 5) is 32.4. The Balaban J connectivity index is 1.61. The summed E-state index contributed by atoms with van der Waals surface area (Å²) >= 11 is 0. The molecule has 0 fully saturated rings. The molecule has 0 saturated heterocycles. The number of halogens is 1. The molecule has 6 nitrogen and oxygen atoms in total. The summed E-state index contributed by atoms with van der Waals surface area (Å²) < 4.78 is 19.9. The van der Waals surface area contributed by atoms with Gasteiger partial charge in [0, 0.05) is 18.2 Å². The third-order valence-corrected chi connectivity index (χ3v) is 6.55. The molecule has 2 amide bonds. The summed E-state index contributed by atoms with van der Waals surface area (Å²) in [6.07, 6.45) is 2.20. The number of fused-ring (bicyclic) bond motifs is 1. The minimum absolute atomic E-state index is 0.0270. The lowest BCUT2D eigenvalue weighted by molar-refractivity contribution is -0.141. The van der Waals surface area contributed by atoms with E-state index in [9.17, 15) is 14.0 Å². The first-order chi connectivity index (χ1) is 17.7. The molecule has 0 unspecified atom stereocenters. The SMILES string of the molecule is CC[C@H](Oc1ccc2c(c1)[C@@H](c1ccc(F)cc1)N(C(=O)C(C)(C)C)CC2)C(=O)NCc1ccccn1. The molecule has 1 aromatic heterocycles. The number of nitrogens with zero attached hydrogens (tertiary/aromatic N) is 2. The highest BCUT2D eigenvalue weighted by atomic mass is 19.1. The number of hydrogen-bond acceptors (Lipinski definition) is 4. The number of hydrogen-bond donors (Lipinski definition) is 1. The topological polar surface area (TPSA) is 71.5 Å². The van der Waals surface area contributed by atoms with Crippen molar-refractivity contribution in [3.63, 3.8) is 0 Å². The summed E-state index contributed by atoms with van der Waals surface area (Å²) in [5, 5.41) is 2.90. The van der Waals surface area contributed by atoms with Crippen LogP contribution in [0.2, 0.25) is 0 Å². The van der Waals surface area contributed by atoms with Crippen LogP contribution in [0.3, 0.4) is 0 Å². The third-order valence-electron chi connectivity index (χ3n) is 6.55. The van der Waals surface area contributed by atoms with Crippen LogP contribution in [0.25, 0.3) is 0 Å². The fraction of sp³-hybridized carbons (Fsp3) is 0.367. The van der Waals surface area contributed by atoms with E-state index in [1.807, 2.05) is 69.0 Å². The molecule has 3 aromatic rings. The lowest BCUT2D eigenvalue weighted by Gasteiger charge is -2.41. The Hall–Kier alpha value is -3.74. The van der Waals surface area contributed by atoms with E-state index in [-0.39, 0.29) is 23.7 Å². The highest BCUT2D eigenvalue weighted by molar-refractivity contribution is 5.83. The van der Waals surface area contributed by atoms with Crippen LogP contribution >= 0.6 is 0 Å². The molecule has 1 aliphatic rings. The summed E-state index contributed by atoms with van der Waals surface area (Å²) in [6, 6.07) is 17.3. The summed E-state index contributed by atoms with van der Waals surface area (Å²) in [5.74, 6) is 0.0356. The first-order valence-electron chi connectivity index (χ1n) is 12.7. The molecular formula is C30H34FN3O3. The van der Waals surface area contributed by atoms with Crippen molar-refractivity contribution in [3.8, 4) is 5.75 Å². The van der Waals surface area contributed by atoms with Crippen molar-refractivity contribution in [2.75, 3.05) is 6.54 Å². The predicted octanol–water partition coefficient (Wildman–Crippen LogP) is 5.21. The van der Waals surface area contributed by atoms with Gasteiger partial charge in [-0.15, -0.1) is 0 Å². The number of amides is 2. The van der Waals surface area contributed by atoms with E-state index in [2.05, 4.69) is 10.3 Å². The largest absolute Gasteiger partial charge is 0.481 e. The van der Waals surface area contributed by atoms with Crippen molar-refractivity contribution in [1.82, 2.24) is 15.2 Å². The second-order valence-electron chi connectivity index (χ2n) is 10.4. The van der Waals surface area contributed by atoms with Gasteiger partial charge >= 0.3 is 0 Å². The van der Waals surface area contributed by atoms with Crippen LogP contribution in [-0.4, -0.2) is 34.3 Å². The Bertz CT molecular complexity index is 1240. The number of carbonyl (C=O) groups is 2. The van der Waals surface area contributed by atoms with Crippen LogP contribution < -0.4 is 10.1 Å². The quantitative estimate of drug-likeness (QED) is 0.480. The predicted molar refractivity (Wildman–Crippen MR) is 140 cm³/mol. The molecule has 0 saturated carbocycles. The normalized spacial score (nSPS) is 16.0. The number of pyridine rings is 1. The van der Waals surface area contributed by atoms with Gasteiger partial charge in [-0.25, -0.2) is 4.39 Å². The minimum Gasteiger partial charge on any atom is -0.481 e. The van der Waals surface area contributed by atoms with Gasteiger partial charge in [0.1, 0.15) is 11.6 Å². The number of nitrogens with one attached hydrogen (secondary N) is 1. The maximum absolute atomic E-state index is 13.7. The lowest BCUT2D eigenvalue weighted by atomic mass is 9.85. The fourth-order valence-electron chi connectivity index (χ4n) is 4.60. The van der Waals surface area contributed by atoms with Gasteiger partial charge in [-0.2, -0.15) is 0 Å². The maximum atomic E-state index is 13.7. The van der Waals surface area contributed by atoms with Crippen molar-refractivity contribution < 1.29 is 18.7 Å². The summed E-state index contributed by atoms with van der Waals surface area (Å²) in [7, 11) is 0. The molecule has 0 spiro atoms. The van der Waals surface area contributed by atoms with Crippen molar-refractivity contribution in [3.05, 3.63) is 95.1 Å². The zero-order valence-corrected chi connectivity index (χ0v) is 21.8. The number of rotatable bonds is 7. The molecule has 0 aliphatic carbocycles.